The van der Waals surface area contributed by atoms with Crippen molar-refractivity contribution in [2.75, 3.05) is 31.5 Å². The highest BCUT2D eigenvalue weighted by Crippen LogP contribution is 2.32. The highest BCUT2D eigenvalue weighted by Gasteiger charge is 2.37. The Bertz CT molecular complexity index is 1110. The largest absolute Gasteiger partial charge is 0.417 e. The number of nitrogens with one attached hydrogen (secondary N) is 1. The van der Waals surface area contributed by atoms with E-state index in [9.17, 15) is 22.8 Å². The zero-order chi connectivity index (χ0) is 22.9. The standard InChI is InChI=1S/C22H21F3N4O2S/c1-14(19(30)27-21-26-17-8-4-5-9-18(17)32-21)28-10-12-29(13-11-28)20(31)15-6-2-3-7-16(15)22(23,24)25/h2-9,14H,10-13H2,1H3,(H,26,27,30). The van der Waals surface area contributed by atoms with Crippen molar-refractivity contribution < 1.29 is 22.8 Å². The summed E-state index contributed by atoms with van der Waals surface area (Å²) in [7, 11) is 0. The third kappa shape index (κ3) is 4.61. The Morgan fingerprint density at radius 3 is 2.38 bits per heavy atom. The summed E-state index contributed by atoms with van der Waals surface area (Å²) in [6, 6.07) is 11.9. The van der Waals surface area contributed by atoms with Crippen molar-refractivity contribution in [3.05, 3.63) is 59.7 Å². The molecule has 0 radical (unpaired) electrons. The Labute approximate surface area is 186 Å². The van der Waals surface area contributed by atoms with Crippen LogP contribution in [-0.2, 0) is 11.0 Å². The Hall–Kier alpha value is -2.98. The number of alkyl halides is 3. The number of fused-ring (bicyclic) bond motifs is 1. The number of hydrogen-bond acceptors (Lipinski definition) is 5. The van der Waals surface area contributed by atoms with Crippen molar-refractivity contribution >= 4 is 38.5 Å². The lowest BCUT2D eigenvalue weighted by Gasteiger charge is -2.37. The van der Waals surface area contributed by atoms with Crippen LogP contribution in [0.3, 0.4) is 0 Å². The lowest BCUT2D eigenvalue weighted by atomic mass is 10.1. The van der Waals surface area contributed by atoms with Crippen molar-refractivity contribution in [3.8, 4) is 0 Å². The van der Waals surface area contributed by atoms with Crippen LogP contribution in [0.4, 0.5) is 18.3 Å². The van der Waals surface area contributed by atoms with Gasteiger partial charge in [0, 0.05) is 26.2 Å². The second-order valence-corrected chi connectivity index (χ2v) is 8.55. The van der Waals surface area contributed by atoms with Gasteiger partial charge in [-0.3, -0.25) is 14.5 Å². The van der Waals surface area contributed by atoms with E-state index in [-0.39, 0.29) is 24.6 Å². The van der Waals surface area contributed by atoms with Crippen LogP contribution in [-0.4, -0.2) is 58.8 Å². The van der Waals surface area contributed by atoms with Gasteiger partial charge >= 0.3 is 6.18 Å². The zero-order valence-electron chi connectivity index (χ0n) is 17.2. The predicted octanol–water partition coefficient (Wildman–Crippen LogP) is 4.10. The van der Waals surface area contributed by atoms with Crippen LogP contribution in [0.25, 0.3) is 10.2 Å². The zero-order valence-corrected chi connectivity index (χ0v) is 18.0. The fraction of sp³-hybridized carbons (Fsp3) is 0.318. The van der Waals surface area contributed by atoms with Crippen molar-refractivity contribution in [3.63, 3.8) is 0 Å². The monoisotopic (exact) mass is 462 g/mol. The van der Waals surface area contributed by atoms with Crippen LogP contribution in [0.2, 0.25) is 0 Å². The molecule has 2 aromatic carbocycles. The van der Waals surface area contributed by atoms with Crippen molar-refractivity contribution in [2.24, 2.45) is 0 Å². The van der Waals surface area contributed by atoms with Gasteiger partial charge in [-0.2, -0.15) is 13.2 Å². The Kier molecular flexibility index (Phi) is 6.16. The minimum absolute atomic E-state index is 0.216. The maximum absolute atomic E-state index is 13.3. The van der Waals surface area contributed by atoms with Gasteiger partial charge < -0.3 is 10.2 Å². The summed E-state index contributed by atoms with van der Waals surface area (Å²) < 4.78 is 40.7. The molecule has 1 aromatic heterocycles. The van der Waals surface area contributed by atoms with E-state index in [0.717, 1.165) is 16.3 Å². The molecule has 1 atom stereocenters. The molecule has 6 nitrogen and oxygen atoms in total. The number of halogens is 3. The number of rotatable bonds is 4. The topological polar surface area (TPSA) is 65.5 Å². The smallest absolute Gasteiger partial charge is 0.336 e. The molecule has 1 fully saturated rings. The van der Waals surface area contributed by atoms with E-state index >= 15 is 0 Å². The van der Waals surface area contributed by atoms with Crippen LogP contribution >= 0.6 is 11.3 Å². The molecule has 32 heavy (non-hydrogen) atoms. The van der Waals surface area contributed by atoms with E-state index < -0.39 is 23.7 Å². The molecular weight excluding hydrogens is 441 g/mol. The second-order valence-electron chi connectivity index (χ2n) is 7.52. The summed E-state index contributed by atoms with van der Waals surface area (Å²) in [4.78, 5) is 33.1. The average Bonchev–Trinajstić information content (AvgIpc) is 3.20. The Morgan fingerprint density at radius 2 is 1.69 bits per heavy atom. The lowest BCUT2D eigenvalue weighted by Crippen LogP contribution is -2.54. The summed E-state index contributed by atoms with van der Waals surface area (Å²) in [5.74, 6) is -0.865. The SMILES string of the molecule is CC(C(=O)Nc1nc2ccccc2s1)N1CCN(C(=O)c2ccccc2C(F)(F)F)CC1. The summed E-state index contributed by atoms with van der Waals surface area (Å²) in [6.45, 7) is 3.01. The van der Waals surface area contributed by atoms with Gasteiger partial charge in [-0.05, 0) is 31.2 Å². The number of amides is 2. The average molecular weight is 462 g/mol. The molecule has 1 N–H and O–H groups in total. The van der Waals surface area contributed by atoms with Crippen LogP contribution in [0, 0.1) is 0 Å². The number of benzene rings is 2. The van der Waals surface area contributed by atoms with Crippen molar-refractivity contribution in [1.82, 2.24) is 14.8 Å². The first-order valence-corrected chi connectivity index (χ1v) is 10.9. The minimum Gasteiger partial charge on any atom is -0.336 e. The van der Waals surface area contributed by atoms with E-state index in [1.807, 2.05) is 29.2 Å². The molecule has 0 spiro atoms. The first-order valence-electron chi connectivity index (χ1n) is 10.1. The number of carbonyl (C=O) groups excluding carboxylic acids is 2. The fourth-order valence-corrected chi connectivity index (χ4v) is 4.57. The van der Waals surface area contributed by atoms with E-state index in [4.69, 9.17) is 0 Å². The van der Waals surface area contributed by atoms with Crippen LogP contribution in [0.15, 0.2) is 48.5 Å². The fourth-order valence-electron chi connectivity index (χ4n) is 3.70. The van der Waals surface area contributed by atoms with Crippen molar-refractivity contribution in [2.45, 2.75) is 19.1 Å². The first-order chi connectivity index (χ1) is 15.2. The molecule has 2 amide bonds. The van der Waals surface area contributed by atoms with Gasteiger partial charge in [-0.15, -0.1) is 0 Å². The molecule has 1 aliphatic heterocycles. The molecule has 3 aromatic rings. The molecular formula is C22H21F3N4O2S. The maximum Gasteiger partial charge on any atom is 0.417 e. The quantitative estimate of drug-likeness (QED) is 0.634. The van der Waals surface area contributed by atoms with E-state index in [2.05, 4.69) is 10.3 Å². The summed E-state index contributed by atoms with van der Waals surface area (Å²) >= 11 is 1.39. The van der Waals surface area contributed by atoms with Crippen LogP contribution in [0.5, 0.6) is 0 Å². The van der Waals surface area contributed by atoms with Gasteiger partial charge in [0.25, 0.3) is 5.91 Å². The molecule has 0 aliphatic carbocycles. The third-order valence-corrected chi connectivity index (χ3v) is 6.47. The van der Waals surface area contributed by atoms with Gasteiger partial charge in [0.2, 0.25) is 5.91 Å². The van der Waals surface area contributed by atoms with Gasteiger partial charge in [0.1, 0.15) is 0 Å². The predicted molar refractivity (Wildman–Crippen MR) is 117 cm³/mol. The molecule has 1 aliphatic rings. The highest BCUT2D eigenvalue weighted by molar-refractivity contribution is 7.22. The Balaban J connectivity index is 1.37. The van der Waals surface area contributed by atoms with Crippen LogP contribution < -0.4 is 5.32 Å². The third-order valence-electron chi connectivity index (χ3n) is 5.52. The maximum atomic E-state index is 13.3. The number of thiazole rings is 1. The number of anilines is 1. The highest BCUT2D eigenvalue weighted by atomic mass is 32.1. The number of carbonyl (C=O) groups is 2. The van der Waals surface area contributed by atoms with Crippen LogP contribution in [0.1, 0.15) is 22.8 Å². The van der Waals surface area contributed by atoms with Gasteiger partial charge in [-0.25, -0.2) is 4.98 Å². The normalized spacial score (nSPS) is 16.2. The first kappa shape index (κ1) is 22.2. The molecule has 2 heterocycles. The molecule has 0 saturated carbocycles. The van der Waals surface area contributed by atoms with Gasteiger partial charge in [0.15, 0.2) is 5.13 Å². The van der Waals surface area contributed by atoms with Gasteiger partial charge in [-0.1, -0.05) is 35.6 Å². The molecule has 4 rings (SSSR count). The Morgan fingerprint density at radius 1 is 1.03 bits per heavy atom. The molecule has 0 bridgehead atoms. The van der Waals surface area contributed by atoms with E-state index in [1.54, 1.807) is 6.92 Å². The molecule has 1 unspecified atom stereocenters. The summed E-state index contributed by atoms with van der Waals surface area (Å²) in [5.41, 5.74) is -0.474. The number of para-hydroxylation sites is 1. The molecule has 1 saturated heterocycles. The number of piperazine rings is 1. The minimum atomic E-state index is -4.60. The number of aromatic nitrogens is 1. The number of nitrogens with zero attached hydrogens (tertiary/aromatic N) is 3. The second kappa shape index (κ2) is 8.87. The van der Waals surface area contributed by atoms with E-state index in [0.29, 0.717) is 18.2 Å². The molecule has 10 heteroatoms. The van der Waals surface area contributed by atoms with Gasteiger partial charge in [0.05, 0.1) is 27.4 Å². The summed E-state index contributed by atoms with van der Waals surface area (Å²) in [6.07, 6.45) is -4.60. The van der Waals surface area contributed by atoms with E-state index in [1.165, 1.54) is 34.4 Å². The van der Waals surface area contributed by atoms with Crippen molar-refractivity contribution in [1.29, 1.82) is 0 Å². The molecule has 168 valence electrons. The summed E-state index contributed by atoms with van der Waals surface area (Å²) in [5, 5.41) is 3.35. The lowest BCUT2D eigenvalue weighted by molar-refractivity contribution is -0.138. The number of hydrogen-bond donors (Lipinski definition) is 1.